The van der Waals surface area contributed by atoms with Crippen molar-refractivity contribution in [1.82, 2.24) is 5.06 Å². The Morgan fingerprint density at radius 3 is 1.71 bits per heavy atom. The zero-order valence-corrected chi connectivity index (χ0v) is 21.7. The third-order valence-corrected chi connectivity index (χ3v) is 11.3. The minimum absolute atomic E-state index is 0.0986. The zero-order valence-electron chi connectivity index (χ0n) is 20.7. The molecule has 180 valence electrons. The van der Waals surface area contributed by atoms with Gasteiger partial charge in [0.25, 0.3) is 20.1 Å². The van der Waals surface area contributed by atoms with Gasteiger partial charge in [-0.05, 0) is 34.5 Å². The first-order valence-corrected chi connectivity index (χ1v) is 13.7. The third-order valence-electron chi connectivity index (χ3n) is 6.33. The summed E-state index contributed by atoms with van der Waals surface area (Å²) in [6.07, 6.45) is 1.86. The standard InChI is InChI=1S/C29H31NO4Si/c1-22(19-20-33-30-27(31)25-17-11-12-18-26(25)28(30)32)21-34-35(29(2,3)4,23-13-7-5-8-14-23)24-15-9-6-10-16-24/h5-19H,20-21H2,1-4H3/b22-19+. The molecule has 0 aliphatic carbocycles. The molecule has 3 aromatic carbocycles. The van der Waals surface area contributed by atoms with Crippen LogP contribution in [0.15, 0.2) is 96.6 Å². The second-order valence-electron chi connectivity index (χ2n) is 9.75. The molecule has 0 bridgehead atoms. The van der Waals surface area contributed by atoms with Crippen LogP contribution in [0.4, 0.5) is 0 Å². The number of fused-ring (bicyclic) bond motifs is 1. The Bertz CT molecular complexity index is 1160. The van der Waals surface area contributed by atoms with Gasteiger partial charge in [0, 0.05) is 0 Å². The highest BCUT2D eigenvalue weighted by Gasteiger charge is 2.50. The number of hydroxylamine groups is 2. The van der Waals surface area contributed by atoms with E-state index in [4.69, 9.17) is 9.26 Å². The molecule has 0 atom stereocenters. The fourth-order valence-electron chi connectivity index (χ4n) is 4.58. The zero-order chi connectivity index (χ0) is 25.1. The minimum Gasteiger partial charge on any atom is -0.403 e. The molecule has 4 rings (SSSR count). The van der Waals surface area contributed by atoms with Crippen molar-refractivity contribution in [3.05, 3.63) is 108 Å². The lowest BCUT2D eigenvalue weighted by Crippen LogP contribution is -2.66. The van der Waals surface area contributed by atoms with Gasteiger partial charge in [0.05, 0.1) is 24.3 Å². The summed E-state index contributed by atoms with van der Waals surface area (Å²) < 4.78 is 6.91. The number of imide groups is 1. The quantitative estimate of drug-likeness (QED) is 0.263. The number of hydrogen-bond acceptors (Lipinski definition) is 4. The first kappa shape index (κ1) is 24.8. The number of nitrogens with zero attached hydrogens (tertiary/aromatic N) is 1. The average Bonchev–Trinajstić information content (AvgIpc) is 3.10. The Kier molecular flexibility index (Phi) is 7.17. The fraction of sp³-hybridized carbons (Fsp3) is 0.241. The lowest BCUT2D eigenvalue weighted by atomic mass is 10.1. The highest BCUT2D eigenvalue weighted by Crippen LogP contribution is 2.37. The average molecular weight is 486 g/mol. The second-order valence-corrected chi connectivity index (χ2v) is 14.1. The van der Waals surface area contributed by atoms with Crippen molar-refractivity contribution in [2.24, 2.45) is 0 Å². The highest BCUT2D eigenvalue weighted by atomic mass is 28.4. The van der Waals surface area contributed by atoms with Gasteiger partial charge < -0.3 is 4.43 Å². The summed E-state index contributed by atoms with van der Waals surface area (Å²) in [5.41, 5.74) is 1.70. The molecule has 0 saturated heterocycles. The van der Waals surface area contributed by atoms with Gasteiger partial charge in [0.15, 0.2) is 0 Å². The van der Waals surface area contributed by atoms with Gasteiger partial charge in [-0.3, -0.25) is 14.4 Å². The summed E-state index contributed by atoms with van der Waals surface area (Å²) in [4.78, 5) is 30.6. The van der Waals surface area contributed by atoms with E-state index in [0.29, 0.717) is 17.7 Å². The van der Waals surface area contributed by atoms with E-state index in [1.807, 2.05) is 25.1 Å². The lowest BCUT2D eigenvalue weighted by Gasteiger charge is -2.43. The Labute approximate surface area is 208 Å². The molecule has 1 aliphatic rings. The smallest absolute Gasteiger partial charge is 0.285 e. The first-order chi connectivity index (χ1) is 16.8. The predicted octanol–water partition coefficient (Wildman–Crippen LogP) is 4.74. The molecule has 0 N–H and O–H groups in total. The van der Waals surface area contributed by atoms with Gasteiger partial charge in [0.2, 0.25) is 0 Å². The summed E-state index contributed by atoms with van der Waals surface area (Å²) in [5.74, 6) is -0.861. The molecule has 0 spiro atoms. The van der Waals surface area contributed by atoms with Gasteiger partial charge in [-0.15, -0.1) is 5.06 Å². The number of carbonyl (C=O) groups is 2. The van der Waals surface area contributed by atoms with E-state index in [9.17, 15) is 9.59 Å². The molecular formula is C29H31NO4Si. The van der Waals surface area contributed by atoms with Gasteiger partial charge >= 0.3 is 0 Å². The topological polar surface area (TPSA) is 55.8 Å². The molecule has 5 nitrogen and oxygen atoms in total. The molecule has 0 unspecified atom stereocenters. The van der Waals surface area contributed by atoms with Crippen LogP contribution in [0, 0.1) is 0 Å². The third kappa shape index (κ3) is 4.78. The molecule has 3 aromatic rings. The number of hydrogen-bond donors (Lipinski definition) is 0. The van der Waals surface area contributed by atoms with Crippen molar-refractivity contribution in [1.29, 1.82) is 0 Å². The summed E-state index contributed by atoms with van der Waals surface area (Å²) in [5, 5.41) is 3.16. The predicted molar refractivity (Wildman–Crippen MR) is 140 cm³/mol. The van der Waals surface area contributed by atoms with Crippen molar-refractivity contribution in [3.63, 3.8) is 0 Å². The maximum atomic E-state index is 12.5. The monoisotopic (exact) mass is 485 g/mol. The summed E-state index contributed by atoms with van der Waals surface area (Å²) in [7, 11) is -2.64. The maximum absolute atomic E-state index is 12.5. The van der Waals surface area contributed by atoms with Crippen LogP contribution in [0.25, 0.3) is 0 Å². The van der Waals surface area contributed by atoms with E-state index in [1.165, 1.54) is 10.4 Å². The Morgan fingerprint density at radius 2 is 1.26 bits per heavy atom. The molecule has 1 heterocycles. The lowest BCUT2D eigenvalue weighted by molar-refractivity contribution is -0.0803. The van der Waals surface area contributed by atoms with Gasteiger partial charge in [-0.1, -0.05) is 105 Å². The summed E-state index contributed by atoms with van der Waals surface area (Å²) >= 11 is 0. The van der Waals surface area contributed by atoms with E-state index in [1.54, 1.807) is 24.3 Å². The van der Waals surface area contributed by atoms with Crippen molar-refractivity contribution in [2.45, 2.75) is 32.7 Å². The van der Waals surface area contributed by atoms with Crippen molar-refractivity contribution in [2.75, 3.05) is 13.2 Å². The van der Waals surface area contributed by atoms with Crippen molar-refractivity contribution < 1.29 is 18.9 Å². The van der Waals surface area contributed by atoms with E-state index < -0.39 is 20.1 Å². The molecule has 2 amide bonds. The van der Waals surface area contributed by atoms with Gasteiger partial charge in [-0.25, -0.2) is 0 Å². The van der Waals surface area contributed by atoms with E-state index >= 15 is 0 Å². The van der Waals surface area contributed by atoms with Crippen LogP contribution in [0.2, 0.25) is 5.04 Å². The van der Waals surface area contributed by atoms with Crippen LogP contribution in [0.5, 0.6) is 0 Å². The Morgan fingerprint density at radius 1 is 0.800 bits per heavy atom. The maximum Gasteiger partial charge on any atom is 0.285 e. The molecule has 6 heteroatoms. The Hall–Kier alpha value is -3.32. The summed E-state index contributed by atoms with van der Waals surface area (Å²) in [6.45, 7) is 9.21. The van der Waals surface area contributed by atoms with E-state index in [0.717, 1.165) is 10.6 Å². The molecule has 35 heavy (non-hydrogen) atoms. The second kappa shape index (κ2) is 10.1. The Balaban J connectivity index is 1.51. The number of rotatable bonds is 8. The molecule has 0 fully saturated rings. The number of benzene rings is 3. The van der Waals surface area contributed by atoms with Crippen molar-refractivity contribution >= 4 is 30.5 Å². The largest absolute Gasteiger partial charge is 0.403 e. The minimum atomic E-state index is -2.64. The normalized spacial score (nSPS) is 14.4. The van der Waals surface area contributed by atoms with Crippen LogP contribution in [-0.4, -0.2) is 38.4 Å². The van der Waals surface area contributed by atoms with Crippen LogP contribution in [0.1, 0.15) is 48.4 Å². The molecular weight excluding hydrogens is 454 g/mol. The molecule has 0 saturated carbocycles. The van der Waals surface area contributed by atoms with Crippen molar-refractivity contribution in [3.8, 4) is 0 Å². The van der Waals surface area contributed by atoms with Crippen LogP contribution >= 0.6 is 0 Å². The summed E-state index contributed by atoms with van der Waals surface area (Å²) in [6, 6.07) is 27.7. The molecule has 1 aliphatic heterocycles. The highest BCUT2D eigenvalue weighted by molar-refractivity contribution is 6.99. The molecule has 0 radical (unpaired) electrons. The first-order valence-electron chi connectivity index (χ1n) is 11.8. The number of carbonyl (C=O) groups excluding carboxylic acids is 2. The van der Waals surface area contributed by atoms with Crippen LogP contribution < -0.4 is 10.4 Å². The van der Waals surface area contributed by atoms with Crippen LogP contribution in [0.3, 0.4) is 0 Å². The van der Waals surface area contributed by atoms with Gasteiger partial charge in [0.1, 0.15) is 0 Å². The van der Waals surface area contributed by atoms with Crippen LogP contribution in [-0.2, 0) is 9.26 Å². The number of amides is 2. The van der Waals surface area contributed by atoms with E-state index in [-0.39, 0.29) is 11.6 Å². The van der Waals surface area contributed by atoms with Gasteiger partial charge in [-0.2, -0.15) is 0 Å². The fourth-order valence-corrected chi connectivity index (χ4v) is 9.18. The van der Waals surface area contributed by atoms with E-state index in [2.05, 4.69) is 69.3 Å². The SMILES string of the molecule is C/C(=C\CON1C(=O)c2ccccc2C1=O)CO[Si](c1ccccc1)(c1ccccc1)C(C)(C)C. The molecule has 0 aromatic heterocycles.